The third-order valence-electron chi connectivity index (χ3n) is 6.08. The third kappa shape index (κ3) is 3.25. The first-order valence-electron chi connectivity index (χ1n) is 8.82. The number of benzene rings is 1. The van der Waals surface area contributed by atoms with Crippen LogP contribution < -0.4 is 10.0 Å². The monoisotopic (exact) mass is 382 g/mol. The van der Waals surface area contributed by atoms with Gasteiger partial charge in [-0.2, -0.15) is 0 Å². The Labute approximate surface area is 153 Å². The average molecular weight is 383 g/mol. The van der Waals surface area contributed by atoms with Crippen molar-refractivity contribution in [3.8, 4) is 0 Å². The topological polar surface area (TPSA) is 75.3 Å². The minimum atomic E-state index is -3.62. The van der Waals surface area contributed by atoms with Gasteiger partial charge in [-0.1, -0.05) is 17.7 Å². The van der Waals surface area contributed by atoms with E-state index in [0.717, 1.165) is 38.4 Å². The molecule has 4 aliphatic carbocycles. The van der Waals surface area contributed by atoms with Gasteiger partial charge in [0.05, 0.1) is 11.4 Å². The van der Waals surface area contributed by atoms with Gasteiger partial charge in [-0.25, -0.2) is 13.1 Å². The molecule has 0 aromatic heterocycles. The zero-order chi connectivity index (χ0) is 17.7. The molecular formula is C18H23ClN2O3S. The van der Waals surface area contributed by atoms with Gasteiger partial charge < -0.3 is 10.1 Å². The number of carbonyl (C=O) groups excluding carboxylic acids is 1. The van der Waals surface area contributed by atoms with Gasteiger partial charge in [-0.05, 0) is 68.6 Å². The highest BCUT2D eigenvalue weighted by atomic mass is 35.5. The van der Waals surface area contributed by atoms with Gasteiger partial charge >= 0.3 is 0 Å². The van der Waals surface area contributed by atoms with Crippen LogP contribution in [0.3, 0.4) is 0 Å². The molecule has 7 heteroatoms. The number of carbonyl (C=O) groups is 1. The zero-order valence-electron chi connectivity index (χ0n) is 14.0. The van der Waals surface area contributed by atoms with Crippen molar-refractivity contribution in [1.82, 2.24) is 10.0 Å². The van der Waals surface area contributed by atoms with E-state index in [0.29, 0.717) is 23.4 Å². The Morgan fingerprint density at radius 3 is 2.48 bits per heavy atom. The first-order chi connectivity index (χ1) is 11.8. The summed E-state index contributed by atoms with van der Waals surface area (Å²) in [7, 11) is -3.62. The molecule has 0 amide bonds. The number of nitrogens with one attached hydrogen (secondary N) is 2. The molecule has 4 aliphatic rings. The predicted molar refractivity (Wildman–Crippen MR) is 96.0 cm³/mol. The molecule has 5 nitrogen and oxygen atoms in total. The Kier molecular flexibility index (Phi) is 4.22. The molecule has 0 saturated heterocycles. The molecule has 0 radical (unpaired) electrons. The smallest absolute Gasteiger partial charge is 0.241 e. The van der Waals surface area contributed by atoms with Gasteiger partial charge in [-0.15, -0.1) is 0 Å². The summed E-state index contributed by atoms with van der Waals surface area (Å²) in [5, 5.41) is 3.83. The molecule has 2 unspecified atom stereocenters. The fourth-order valence-corrected chi connectivity index (χ4v) is 7.55. The summed E-state index contributed by atoms with van der Waals surface area (Å²) in [6.07, 6.45) is 6.66. The number of aldehydes is 1. The van der Waals surface area contributed by atoms with Crippen molar-refractivity contribution >= 4 is 27.9 Å². The number of rotatable bonds is 6. The summed E-state index contributed by atoms with van der Waals surface area (Å²) in [6, 6.07) is 6.40. The predicted octanol–water partition coefficient (Wildman–Crippen LogP) is 2.50. The van der Waals surface area contributed by atoms with E-state index in [4.69, 9.17) is 11.6 Å². The highest BCUT2D eigenvalue weighted by Crippen LogP contribution is 2.57. The molecule has 0 spiro atoms. The van der Waals surface area contributed by atoms with Crippen molar-refractivity contribution in [2.24, 2.45) is 11.8 Å². The van der Waals surface area contributed by atoms with Gasteiger partial charge in [-0.3, -0.25) is 0 Å². The molecular weight excluding hydrogens is 360 g/mol. The van der Waals surface area contributed by atoms with Crippen LogP contribution in [0.15, 0.2) is 29.2 Å². The second-order valence-electron chi connectivity index (χ2n) is 8.13. The van der Waals surface area contributed by atoms with Gasteiger partial charge in [0.2, 0.25) is 10.0 Å². The van der Waals surface area contributed by atoms with E-state index in [2.05, 4.69) is 10.0 Å². The van der Waals surface area contributed by atoms with E-state index in [9.17, 15) is 13.2 Å². The van der Waals surface area contributed by atoms with Crippen molar-refractivity contribution in [3.63, 3.8) is 0 Å². The van der Waals surface area contributed by atoms with Crippen LogP contribution in [0, 0.1) is 11.8 Å². The largest absolute Gasteiger partial charge is 0.305 e. The van der Waals surface area contributed by atoms with E-state index < -0.39 is 15.6 Å². The fourth-order valence-electron chi connectivity index (χ4n) is 5.83. The summed E-state index contributed by atoms with van der Waals surface area (Å²) in [4.78, 5) is 11.1. The molecule has 4 saturated carbocycles. The Hall–Kier alpha value is -0.950. The van der Waals surface area contributed by atoms with Crippen LogP contribution >= 0.6 is 11.6 Å². The summed E-state index contributed by atoms with van der Waals surface area (Å²) in [6.45, 7) is 0.330. The van der Waals surface area contributed by atoms with Gasteiger partial charge in [0.15, 0.2) is 0 Å². The zero-order valence-corrected chi connectivity index (χ0v) is 15.6. The average Bonchev–Trinajstić information content (AvgIpc) is 2.50. The maximum absolute atomic E-state index is 12.9. The van der Waals surface area contributed by atoms with Crippen molar-refractivity contribution in [1.29, 1.82) is 0 Å². The molecule has 0 heterocycles. The van der Waals surface area contributed by atoms with Crippen molar-refractivity contribution < 1.29 is 13.2 Å². The molecule has 5 rings (SSSR count). The third-order valence-corrected chi connectivity index (χ3v) is 7.89. The molecule has 0 aliphatic heterocycles. The summed E-state index contributed by atoms with van der Waals surface area (Å²) < 4.78 is 28.9. The second-order valence-corrected chi connectivity index (χ2v) is 10.3. The lowest BCUT2D eigenvalue weighted by Gasteiger charge is -2.62. The van der Waals surface area contributed by atoms with Crippen LogP contribution in [0.25, 0.3) is 0 Å². The van der Waals surface area contributed by atoms with Gasteiger partial charge in [0.1, 0.15) is 6.29 Å². The highest BCUT2D eigenvalue weighted by molar-refractivity contribution is 7.89. The number of halogens is 1. The second kappa shape index (κ2) is 6.05. The number of hydrogen-bond donors (Lipinski definition) is 2. The van der Waals surface area contributed by atoms with Crippen LogP contribution in [0.4, 0.5) is 0 Å². The van der Waals surface area contributed by atoms with E-state index in [1.165, 1.54) is 12.5 Å². The lowest BCUT2D eigenvalue weighted by molar-refractivity contribution is -0.108. The van der Waals surface area contributed by atoms with E-state index >= 15 is 0 Å². The Morgan fingerprint density at radius 2 is 1.84 bits per heavy atom. The fraction of sp³-hybridized carbons (Fsp3) is 0.611. The quantitative estimate of drug-likeness (QED) is 0.741. The standard InChI is InChI=1S/C18H23ClN2O3S/c19-15-2-1-3-16(7-15)25(23,24)21-18-10-13-6-14(11-18)9-17(8-13,12-18)20-4-5-22/h1-3,5,7,13-14,20-21H,4,6,8-12H2. The summed E-state index contributed by atoms with van der Waals surface area (Å²) in [5.74, 6) is 1.03. The van der Waals surface area contributed by atoms with E-state index in [1.807, 2.05) is 0 Å². The molecule has 4 bridgehead atoms. The van der Waals surface area contributed by atoms with Crippen molar-refractivity contribution in [3.05, 3.63) is 29.3 Å². The van der Waals surface area contributed by atoms with Crippen LogP contribution in [0.2, 0.25) is 5.02 Å². The Balaban J connectivity index is 1.62. The summed E-state index contributed by atoms with van der Waals surface area (Å²) in [5.41, 5.74) is -0.525. The van der Waals surface area contributed by atoms with Gasteiger partial charge in [0.25, 0.3) is 0 Å². The molecule has 1 aromatic rings. The minimum absolute atomic E-state index is 0.109. The van der Waals surface area contributed by atoms with Crippen LogP contribution in [-0.2, 0) is 14.8 Å². The number of hydrogen-bond acceptors (Lipinski definition) is 4. The van der Waals surface area contributed by atoms with E-state index in [-0.39, 0.29) is 10.4 Å². The lowest BCUT2D eigenvalue weighted by atomic mass is 9.50. The first-order valence-corrected chi connectivity index (χ1v) is 10.7. The molecule has 4 fully saturated rings. The highest BCUT2D eigenvalue weighted by Gasteiger charge is 2.58. The van der Waals surface area contributed by atoms with Crippen LogP contribution in [-0.4, -0.2) is 32.3 Å². The maximum atomic E-state index is 12.9. The number of sulfonamides is 1. The first kappa shape index (κ1) is 17.5. The molecule has 2 N–H and O–H groups in total. The van der Waals surface area contributed by atoms with Crippen molar-refractivity contribution in [2.45, 2.75) is 54.5 Å². The van der Waals surface area contributed by atoms with Gasteiger partial charge in [0, 0.05) is 16.1 Å². The maximum Gasteiger partial charge on any atom is 0.241 e. The Morgan fingerprint density at radius 1 is 1.16 bits per heavy atom. The molecule has 136 valence electrons. The molecule has 1 aromatic carbocycles. The lowest BCUT2D eigenvalue weighted by Crippen LogP contribution is -2.69. The Bertz CT molecular complexity index is 781. The van der Waals surface area contributed by atoms with Crippen molar-refractivity contribution in [2.75, 3.05) is 6.54 Å². The summed E-state index contributed by atoms with van der Waals surface area (Å²) >= 11 is 5.97. The van der Waals surface area contributed by atoms with Crippen LogP contribution in [0.5, 0.6) is 0 Å². The molecule has 2 atom stereocenters. The normalized spacial score (nSPS) is 36.5. The van der Waals surface area contributed by atoms with E-state index in [1.54, 1.807) is 18.2 Å². The SMILES string of the molecule is O=CCNC12CC3CC(C1)CC(NS(=O)(=O)c1cccc(Cl)c1)(C3)C2. The minimum Gasteiger partial charge on any atom is -0.305 e. The van der Waals surface area contributed by atoms with Crippen LogP contribution in [0.1, 0.15) is 38.5 Å². The molecule has 25 heavy (non-hydrogen) atoms.